The zero-order valence-corrected chi connectivity index (χ0v) is 18.5. The summed E-state index contributed by atoms with van der Waals surface area (Å²) in [4.78, 5) is 37.8. The summed E-state index contributed by atoms with van der Waals surface area (Å²) in [7, 11) is 1.58. The zero-order chi connectivity index (χ0) is 22.4. The van der Waals surface area contributed by atoms with Crippen molar-refractivity contribution in [3.05, 3.63) is 84.2 Å². The molecule has 0 bridgehead atoms. The van der Waals surface area contributed by atoms with Crippen molar-refractivity contribution in [2.45, 2.75) is 13.5 Å². The number of carbonyl (C=O) groups is 2. The third kappa shape index (κ3) is 5.71. The van der Waals surface area contributed by atoms with Crippen LogP contribution in [0.15, 0.2) is 53.3 Å². The van der Waals surface area contributed by atoms with Crippen molar-refractivity contribution in [3.63, 3.8) is 0 Å². The van der Waals surface area contributed by atoms with E-state index in [1.807, 2.05) is 12.1 Å². The number of rotatable bonds is 7. The summed E-state index contributed by atoms with van der Waals surface area (Å²) >= 11 is 7.00. The molecule has 0 aliphatic heterocycles. The lowest BCUT2D eigenvalue weighted by Crippen LogP contribution is -2.34. The van der Waals surface area contributed by atoms with Gasteiger partial charge in [0.05, 0.1) is 30.9 Å². The maximum atomic E-state index is 13.0. The van der Waals surface area contributed by atoms with Gasteiger partial charge in [-0.3, -0.25) is 14.2 Å². The fraction of sp³-hybridized carbons (Fsp3) is 0.174. The molecule has 0 aliphatic carbocycles. The van der Waals surface area contributed by atoms with Gasteiger partial charge in [0.2, 0.25) is 0 Å². The van der Waals surface area contributed by atoms with Crippen LogP contribution < -0.4 is 19.5 Å². The molecule has 0 saturated heterocycles. The average Bonchev–Trinajstić information content (AvgIpc) is 3.03. The van der Waals surface area contributed by atoms with E-state index in [1.54, 1.807) is 56.5 Å². The first-order valence-corrected chi connectivity index (χ1v) is 10.6. The van der Waals surface area contributed by atoms with Gasteiger partial charge in [0, 0.05) is 10.6 Å². The van der Waals surface area contributed by atoms with E-state index in [2.05, 4.69) is 0 Å². The SMILES string of the molecule is CCOC(=O)/C=c1\s/c(=C\c2ccc(OC)cc2)c(=O)n1CC(=O)c1ccc(Cl)cc1. The molecule has 3 rings (SSSR count). The molecule has 31 heavy (non-hydrogen) atoms. The van der Waals surface area contributed by atoms with Crippen molar-refractivity contribution in [2.75, 3.05) is 13.7 Å². The maximum absolute atomic E-state index is 13.0. The lowest BCUT2D eigenvalue weighted by atomic mass is 10.1. The largest absolute Gasteiger partial charge is 0.497 e. The van der Waals surface area contributed by atoms with E-state index < -0.39 is 5.97 Å². The summed E-state index contributed by atoms with van der Waals surface area (Å²) in [6, 6.07) is 13.6. The van der Waals surface area contributed by atoms with Crippen LogP contribution in [-0.2, 0) is 16.1 Å². The average molecular weight is 458 g/mol. The van der Waals surface area contributed by atoms with E-state index in [4.69, 9.17) is 21.1 Å². The van der Waals surface area contributed by atoms with Gasteiger partial charge in [0.25, 0.3) is 5.56 Å². The number of ether oxygens (including phenoxy) is 2. The van der Waals surface area contributed by atoms with Crippen molar-refractivity contribution < 1.29 is 19.1 Å². The number of thiazole rings is 1. The molecule has 0 amide bonds. The Morgan fingerprint density at radius 2 is 1.77 bits per heavy atom. The minimum atomic E-state index is -0.576. The van der Waals surface area contributed by atoms with Gasteiger partial charge in [-0.05, 0) is 55.0 Å². The van der Waals surface area contributed by atoms with E-state index in [1.165, 1.54) is 10.6 Å². The molecule has 0 aliphatic rings. The van der Waals surface area contributed by atoms with E-state index in [9.17, 15) is 14.4 Å². The van der Waals surface area contributed by atoms with Crippen molar-refractivity contribution in [3.8, 4) is 5.75 Å². The molecule has 1 heterocycles. The van der Waals surface area contributed by atoms with Gasteiger partial charge in [-0.25, -0.2) is 4.79 Å². The van der Waals surface area contributed by atoms with Crippen LogP contribution in [-0.4, -0.2) is 30.0 Å². The van der Waals surface area contributed by atoms with Crippen LogP contribution >= 0.6 is 22.9 Å². The van der Waals surface area contributed by atoms with Crippen molar-refractivity contribution in [2.24, 2.45) is 0 Å². The Labute approximate surface area is 187 Å². The molecule has 2 aromatic carbocycles. The molecule has 0 fully saturated rings. The normalized spacial score (nSPS) is 12.1. The molecule has 1 aromatic heterocycles. The Morgan fingerprint density at radius 3 is 2.39 bits per heavy atom. The van der Waals surface area contributed by atoms with Gasteiger partial charge in [0.15, 0.2) is 5.78 Å². The van der Waals surface area contributed by atoms with Crippen molar-refractivity contribution >= 4 is 46.8 Å². The van der Waals surface area contributed by atoms with Gasteiger partial charge < -0.3 is 9.47 Å². The number of benzene rings is 2. The minimum Gasteiger partial charge on any atom is -0.497 e. The van der Waals surface area contributed by atoms with E-state index in [0.717, 1.165) is 16.9 Å². The fourth-order valence-corrected chi connectivity index (χ4v) is 3.96. The maximum Gasteiger partial charge on any atom is 0.333 e. The van der Waals surface area contributed by atoms with E-state index in [-0.39, 0.29) is 24.5 Å². The van der Waals surface area contributed by atoms with E-state index >= 15 is 0 Å². The summed E-state index contributed by atoms with van der Waals surface area (Å²) in [5.41, 5.74) is 0.849. The number of Topliss-reactive ketones (excluding diaryl/α,β-unsaturated/α-hetero) is 1. The topological polar surface area (TPSA) is 74.6 Å². The molecule has 0 radical (unpaired) electrons. The molecular weight excluding hydrogens is 438 g/mol. The van der Waals surface area contributed by atoms with Gasteiger partial charge in [0.1, 0.15) is 10.4 Å². The Morgan fingerprint density at radius 1 is 1.10 bits per heavy atom. The first kappa shape index (κ1) is 22.5. The third-order valence-electron chi connectivity index (χ3n) is 4.35. The number of methoxy groups -OCH3 is 1. The number of carbonyl (C=O) groups excluding carboxylic acids is 2. The molecule has 8 heteroatoms. The fourth-order valence-electron chi connectivity index (χ4n) is 2.80. The van der Waals surface area contributed by atoms with Crippen molar-refractivity contribution in [1.29, 1.82) is 0 Å². The van der Waals surface area contributed by atoms with Gasteiger partial charge in [-0.2, -0.15) is 0 Å². The molecule has 0 spiro atoms. The lowest BCUT2D eigenvalue weighted by molar-refractivity contribution is -0.135. The molecule has 3 aromatic rings. The molecule has 0 saturated carbocycles. The molecule has 6 nitrogen and oxygen atoms in total. The van der Waals surface area contributed by atoms with Crippen LogP contribution in [0, 0.1) is 0 Å². The standard InChI is InChI=1S/C23H20ClNO5S/c1-3-30-22(27)13-21-25(14-19(26)16-6-8-17(24)9-7-16)23(28)20(31-21)12-15-4-10-18(29-2)11-5-15/h4-13H,3,14H2,1-2H3/b20-12-,21-13-. The summed E-state index contributed by atoms with van der Waals surface area (Å²) < 4.78 is 12.1. The molecular formula is C23H20ClNO5S. The molecule has 0 N–H and O–H groups in total. The predicted molar refractivity (Wildman–Crippen MR) is 121 cm³/mol. The van der Waals surface area contributed by atoms with E-state index in [0.29, 0.717) is 25.5 Å². The van der Waals surface area contributed by atoms with Gasteiger partial charge in [-0.1, -0.05) is 23.7 Å². The number of halogens is 1. The smallest absolute Gasteiger partial charge is 0.333 e. The highest BCUT2D eigenvalue weighted by molar-refractivity contribution is 7.07. The van der Waals surface area contributed by atoms with Crippen LogP contribution in [0.3, 0.4) is 0 Å². The lowest BCUT2D eigenvalue weighted by Gasteiger charge is -2.03. The van der Waals surface area contributed by atoms with Crippen LogP contribution in [0.25, 0.3) is 12.2 Å². The Balaban J connectivity index is 2.06. The molecule has 0 unspecified atom stereocenters. The van der Waals surface area contributed by atoms with Crippen molar-refractivity contribution in [1.82, 2.24) is 4.57 Å². The first-order valence-electron chi connectivity index (χ1n) is 9.44. The quantitative estimate of drug-likeness (QED) is 0.403. The molecule has 160 valence electrons. The summed E-state index contributed by atoms with van der Waals surface area (Å²) in [6.45, 7) is 1.69. The number of esters is 1. The third-order valence-corrected chi connectivity index (χ3v) is 5.66. The van der Waals surface area contributed by atoms with Gasteiger partial charge in [-0.15, -0.1) is 11.3 Å². The number of ketones is 1. The Hall–Kier alpha value is -3.16. The number of aromatic nitrogens is 1. The minimum absolute atomic E-state index is 0.208. The summed E-state index contributed by atoms with van der Waals surface area (Å²) in [6.07, 6.45) is 2.94. The second-order valence-electron chi connectivity index (χ2n) is 6.44. The highest BCUT2D eigenvalue weighted by Gasteiger charge is 2.13. The molecule has 0 atom stereocenters. The highest BCUT2D eigenvalue weighted by Crippen LogP contribution is 2.12. The monoisotopic (exact) mass is 457 g/mol. The number of nitrogens with zero attached hydrogens (tertiary/aromatic N) is 1. The van der Waals surface area contributed by atoms with Crippen LogP contribution in [0.4, 0.5) is 0 Å². The summed E-state index contributed by atoms with van der Waals surface area (Å²) in [5, 5.41) is 0.511. The predicted octanol–water partition coefficient (Wildman–Crippen LogP) is 2.63. The number of hydrogen-bond acceptors (Lipinski definition) is 6. The Bertz CT molecular complexity index is 1260. The second-order valence-corrected chi connectivity index (χ2v) is 7.94. The van der Waals surface area contributed by atoms with Crippen LogP contribution in [0.2, 0.25) is 5.02 Å². The summed E-state index contributed by atoms with van der Waals surface area (Å²) in [5.74, 6) is -0.149. The first-order chi connectivity index (χ1) is 14.9. The zero-order valence-electron chi connectivity index (χ0n) is 17.0. The van der Waals surface area contributed by atoms with Crippen LogP contribution in [0.1, 0.15) is 22.8 Å². The van der Waals surface area contributed by atoms with Gasteiger partial charge >= 0.3 is 5.97 Å². The highest BCUT2D eigenvalue weighted by atomic mass is 35.5. The Kier molecular flexibility index (Phi) is 7.44. The second kappa shape index (κ2) is 10.2. The number of hydrogen-bond donors (Lipinski definition) is 0. The van der Waals surface area contributed by atoms with Crippen LogP contribution in [0.5, 0.6) is 5.75 Å².